The average molecular weight is 423 g/mol. The van der Waals surface area contributed by atoms with Crippen molar-refractivity contribution in [1.29, 1.82) is 0 Å². The zero-order chi connectivity index (χ0) is 22.3. The molecule has 3 aliphatic carbocycles. The molecule has 0 aromatic heterocycles. The first kappa shape index (κ1) is 19.3. The lowest BCUT2D eigenvalue weighted by molar-refractivity contribution is -0.155. The lowest BCUT2D eigenvalue weighted by Crippen LogP contribution is -2.73. The highest BCUT2D eigenvalue weighted by atomic mass is 16.6. The molecule has 2 aliphatic heterocycles. The van der Waals surface area contributed by atoms with E-state index in [0.717, 1.165) is 0 Å². The molecule has 9 nitrogen and oxygen atoms in total. The number of hydrogen-bond donors (Lipinski definition) is 1. The molecule has 0 radical (unpaired) electrons. The lowest BCUT2D eigenvalue weighted by Gasteiger charge is -2.58. The summed E-state index contributed by atoms with van der Waals surface area (Å²) < 4.78 is 9.79. The van der Waals surface area contributed by atoms with Crippen LogP contribution in [-0.4, -0.2) is 41.1 Å². The summed E-state index contributed by atoms with van der Waals surface area (Å²) >= 11 is 0. The molecule has 1 aromatic rings. The van der Waals surface area contributed by atoms with Crippen molar-refractivity contribution in [2.45, 2.75) is 19.4 Å². The van der Waals surface area contributed by atoms with Crippen LogP contribution in [0.25, 0.3) is 0 Å². The van der Waals surface area contributed by atoms with Crippen LogP contribution in [0.5, 0.6) is 0 Å². The van der Waals surface area contributed by atoms with Gasteiger partial charge in [0, 0.05) is 16.6 Å². The molecule has 6 atom stereocenters. The first-order valence-electron chi connectivity index (χ1n) is 9.76. The van der Waals surface area contributed by atoms with E-state index in [9.17, 15) is 28.8 Å². The zero-order valence-electron chi connectivity index (χ0n) is 16.5. The van der Waals surface area contributed by atoms with E-state index in [0.29, 0.717) is 0 Å². The number of benzene rings is 1. The summed E-state index contributed by atoms with van der Waals surface area (Å²) in [7, 11) is 0. The third-order valence-corrected chi connectivity index (χ3v) is 7.11. The van der Waals surface area contributed by atoms with Gasteiger partial charge in [-0.3, -0.25) is 28.8 Å². The number of rotatable bonds is 3. The summed E-state index contributed by atoms with van der Waals surface area (Å²) in [5, 5.41) is 2.71. The van der Waals surface area contributed by atoms with Gasteiger partial charge in [-0.2, -0.15) is 0 Å². The maximum absolute atomic E-state index is 13.1. The number of Topliss-reactive ketones (excluding diaryl/α,β-unsaturated/α-hetero) is 1. The van der Waals surface area contributed by atoms with Gasteiger partial charge in [0.05, 0.1) is 29.2 Å². The van der Waals surface area contributed by atoms with Crippen molar-refractivity contribution in [2.75, 3.05) is 0 Å². The number of carbonyl (C=O) groups excluding carboxylic acids is 6. The van der Waals surface area contributed by atoms with Gasteiger partial charge in [0.25, 0.3) is 5.91 Å². The molecule has 9 heteroatoms. The Morgan fingerprint density at radius 2 is 1.32 bits per heavy atom. The molecule has 2 bridgehead atoms. The topological polar surface area (TPSA) is 133 Å². The molecule has 3 fully saturated rings. The fraction of sp³-hybridized carbons (Fsp3) is 0.364. The van der Waals surface area contributed by atoms with Crippen molar-refractivity contribution in [3.63, 3.8) is 0 Å². The molecule has 1 N–H and O–H groups in total. The molecule has 2 saturated heterocycles. The van der Waals surface area contributed by atoms with Crippen LogP contribution in [0.1, 0.15) is 24.2 Å². The molecule has 5 aliphatic rings. The van der Waals surface area contributed by atoms with Gasteiger partial charge in [-0.05, 0) is 19.1 Å². The second-order valence-corrected chi connectivity index (χ2v) is 8.54. The number of amides is 1. The minimum Gasteiger partial charge on any atom is -0.393 e. The molecule has 2 unspecified atom stereocenters. The third kappa shape index (κ3) is 2.20. The summed E-state index contributed by atoms with van der Waals surface area (Å²) in [6.45, 7) is 2.76. The van der Waals surface area contributed by atoms with E-state index in [2.05, 4.69) is 5.32 Å². The Hall–Kier alpha value is -3.62. The predicted molar refractivity (Wildman–Crippen MR) is 99.7 cm³/mol. The summed E-state index contributed by atoms with van der Waals surface area (Å²) in [5.74, 6) is -9.71. The van der Waals surface area contributed by atoms with Crippen LogP contribution >= 0.6 is 0 Å². The molecule has 1 saturated carbocycles. The molecule has 158 valence electrons. The van der Waals surface area contributed by atoms with Crippen LogP contribution in [0.4, 0.5) is 0 Å². The molecule has 6 rings (SSSR count). The Balaban J connectivity index is 1.78. The Bertz CT molecular complexity index is 1090. The van der Waals surface area contributed by atoms with E-state index in [1.54, 1.807) is 18.2 Å². The minimum absolute atomic E-state index is 0.0849. The van der Waals surface area contributed by atoms with Gasteiger partial charge in [0.1, 0.15) is 0 Å². The van der Waals surface area contributed by atoms with Crippen molar-refractivity contribution >= 4 is 35.6 Å². The second-order valence-electron chi connectivity index (χ2n) is 8.54. The van der Waals surface area contributed by atoms with Crippen LogP contribution in [0.15, 0.2) is 42.0 Å². The van der Waals surface area contributed by atoms with E-state index >= 15 is 0 Å². The number of cyclic esters (lactones) is 4. The highest BCUT2D eigenvalue weighted by Crippen LogP contribution is 2.67. The van der Waals surface area contributed by atoms with Crippen LogP contribution in [0.3, 0.4) is 0 Å². The first-order valence-corrected chi connectivity index (χ1v) is 9.76. The van der Waals surface area contributed by atoms with Crippen molar-refractivity contribution in [2.24, 2.45) is 29.1 Å². The molecule has 1 aromatic carbocycles. The number of hydrogen-bond acceptors (Lipinski definition) is 8. The van der Waals surface area contributed by atoms with Crippen LogP contribution in [-0.2, 0) is 33.4 Å². The smallest absolute Gasteiger partial charge is 0.320 e. The Morgan fingerprint density at radius 1 is 0.839 bits per heavy atom. The molecule has 1 amide bonds. The van der Waals surface area contributed by atoms with Gasteiger partial charge in [-0.15, -0.1) is 0 Å². The Labute approximate surface area is 175 Å². The number of esters is 4. The van der Waals surface area contributed by atoms with Crippen molar-refractivity contribution in [1.82, 2.24) is 5.32 Å². The summed E-state index contributed by atoms with van der Waals surface area (Å²) in [5.41, 5.74) is -2.99. The van der Waals surface area contributed by atoms with Crippen LogP contribution < -0.4 is 5.32 Å². The number of ketones is 1. The monoisotopic (exact) mass is 423 g/mol. The van der Waals surface area contributed by atoms with Crippen molar-refractivity contribution in [3.8, 4) is 0 Å². The van der Waals surface area contributed by atoms with E-state index in [1.807, 2.05) is 0 Å². The maximum atomic E-state index is 13.1. The van der Waals surface area contributed by atoms with Gasteiger partial charge < -0.3 is 14.8 Å². The fourth-order valence-corrected chi connectivity index (χ4v) is 5.95. The molecular weight excluding hydrogens is 406 g/mol. The summed E-state index contributed by atoms with van der Waals surface area (Å²) in [4.78, 5) is 76.7. The fourth-order valence-electron chi connectivity index (χ4n) is 5.95. The van der Waals surface area contributed by atoms with Crippen LogP contribution in [0, 0.1) is 29.1 Å². The second kappa shape index (κ2) is 5.96. The first-order chi connectivity index (χ1) is 14.6. The van der Waals surface area contributed by atoms with Gasteiger partial charge in [0.2, 0.25) is 0 Å². The molecule has 2 heterocycles. The normalized spacial score (nSPS) is 37.5. The number of allylic oxidation sites excluding steroid dienone is 1. The number of nitrogens with one attached hydrogen (secondary N) is 1. The van der Waals surface area contributed by atoms with Crippen molar-refractivity contribution in [3.05, 3.63) is 47.5 Å². The predicted octanol–water partition coefficient (Wildman–Crippen LogP) is 0.336. The van der Waals surface area contributed by atoms with E-state index in [-0.39, 0.29) is 11.1 Å². The molecule has 0 spiro atoms. The van der Waals surface area contributed by atoms with E-state index in [1.165, 1.54) is 32.1 Å². The SMILES string of the molecule is CC(=O)C1=CC2(NC(=O)c3ccccc3)[C@@H]3C(=O)OC(=O)[C@@H]3C1(C)[C@@H]1C(=O)OC(=O)[C@@H]12. The van der Waals surface area contributed by atoms with E-state index < -0.39 is 70.2 Å². The van der Waals surface area contributed by atoms with Gasteiger partial charge in [0.15, 0.2) is 5.78 Å². The summed E-state index contributed by atoms with van der Waals surface area (Å²) in [6.07, 6.45) is 1.36. The number of carbonyl (C=O) groups is 6. The van der Waals surface area contributed by atoms with Crippen LogP contribution in [0.2, 0.25) is 0 Å². The zero-order valence-corrected chi connectivity index (χ0v) is 16.5. The third-order valence-electron chi connectivity index (χ3n) is 7.11. The molecule has 31 heavy (non-hydrogen) atoms. The van der Waals surface area contributed by atoms with Gasteiger partial charge in [-0.25, -0.2) is 0 Å². The maximum Gasteiger partial charge on any atom is 0.320 e. The average Bonchev–Trinajstić information content (AvgIpc) is 3.21. The van der Waals surface area contributed by atoms with E-state index in [4.69, 9.17) is 9.47 Å². The highest BCUT2D eigenvalue weighted by Gasteiger charge is 2.80. The quantitative estimate of drug-likeness (QED) is 0.543. The largest absolute Gasteiger partial charge is 0.393 e. The van der Waals surface area contributed by atoms with Crippen molar-refractivity contribution < 1.29 is 38.2 Å². The summed E-state index contributed by atoms with van der Waals surface area (Å²) in [6, 6.07) is 8.04. The lowest BCUT2D eigenvalue weighted by atomic mass is 9.41. The van der Waals surface area contributed by atoms with Gasteiger partial charge >= 0.3 is 23.9 Å². The Morgan fingerprint density at radius 3 is 1.81 bits per heavy atom. The minimum atomic E-state index is -1.83. The standard InChI is InChI=1S/C22H17NO8/c1-9(24)11-8-22(23-16(25)10-6-4-3-5-7-10)14-12(17(26)30-19(14)28)21(11,2)13-15(22)20(29)31-18(13)27/h3-8,12-15H,1-2H3,(H,23,25)/t12-,13+,14+,15-,21?,22?. The molecular formula is C22H17NO8. The number of ether oxygens (including phenoxy) is 2. The Kier molecular flexibility index (Phi) is 3.72. The van der Waals surface area contributed by atoms with Gasteiger partial charge in [-0.1, -0.05) is 31.2 Å². The highest BCUT2D eigenvalue weighted by molar-refractivity contribution is 6.10.